The molecule has 1 aromatic rings. The van der Waals surface area contributed by atoms with Gasteiger partial charge in [-0.25, -0.2) is 4.98 Å². The number of hydrogen-bond acceptors (Lipinski definition) is 5. The van der Waals surface area contributed by atoms with E-state index < -0.39 is 0 Å². The van der Waals surface area contributed by atoms with E-state index in [9.17, 15) is 4.79 Å². The second-order valence-electron chi connectivity index (χ2n) is 4.42. The Balaban J connectivity index is 1.58. The molecule has 0 spiro atoms. The number of nitrogens with zero attached hydrogens (tertiary/aromatic N) is 1. The second-order valence-corrected chi connectivity index (χ2v) is 5.28. The van der Waals surface area contributed by atoms with Crippen LogP contribution in [0.3, 0.4) is 0 Å². The van der Waals surface area contributed by atoms with Crippen LogP contribution in [0.2, 0.25) is 0 Å². The Kier molecular flexibility index (Phi) is 3.09. The van der Waals surface area contributed by atoms with E-state index >= 15 is 0 Å². The van der Waals surface area contributed by atoms with Gasteiger partial charge in [-0.15, -0.1) is 11.3 Å². The van der Waals surface area contributed by atoms with Crippen molar-refractivity contribution >= 4 is 22.4 Å². The maximum atomic E-state index is 11.9. The van der Waals surface area contributed by atoms with Crippen molar-refractivity contribution in [2.45, 2.75) is 24.8 Å². The first-order chi connectivity index (χ1) is 8.33. The lowest BCUT2D eigenvalue weighted by atomic mass is 10.2. The quantitative estimate of drug-likeness (QED) is 0.842. The third-order valence-electron chi connectivity index (χ3n) is 2.99. The number of ether oxygens (including phenoxy) is 1. The minimum atomic E-state index is -0.253. The van der Waals surface area contributed by atoms with Gasteiger partial charge in [-0.05, 0) is 12.8 Å². The summed E-state index contributed by atoms with van der Waals surface area (Å²) in [7, 11) is 0. The number of thiazole rings is 1. The van der Waals surface area contributed by atoms with Gasteiger partial charge in [0.25, 0.3) is 0 Å². The first-order valence-electron chi connectivity index (χ1n) is 5.90. The number of rotatable bonds is 3. The summed E-state index contributed by atoms with van der Waals surface area (Å²) >= 11 is 1.50. The maximum absolute atomic E-state index is 11.9. The Hall–Kier alpha value is -0.980. The van der Waals surface area contributed by atoms with Gasteiger partial charge in [0.1, 0.15) is 6.04 Å². The molecule has 1 aromatic heterocycles. The number of anilines is 1. The van der Waals surface area contributed by atoms with E-state index in [0.29, 0.717) is 24.3 Å². The van der Waals surface area contributed by atoms with Crippen molar-refractivity contribution in [2.75, 3.05) is 25.1 Å². The van der Waals surface area contributed by atoms with E-state index in [2.05, 4.69) is 15.6 Å². The molecule has 1 saturated heterocycles. The van der Waals surface area contributed by atoms with Gasteiger partial charge < -0.3 is 15.4 Å². The summed E-state index contributed by atoms with van der Waals surface area (Å²) in [6, 6.07) is -0.253. The van der Waals surface area contributed by atoms with E-state index in [1.807, 2.05) is 5.38 Å². The fraction of sp³-hybridized carbons (Fsp3) is 0.636. The molecular weight excluding hydrogens is 238 g/mol. The SMILES string of the molecule is O=C(Nc1nc(C2CC2)cs1)C1COCCN1. The summed E-state index contributed by atoms with van der Waals surface area (Å²) in [4.78, 5) is 16.3. The van der Waals surface area contributed by atoms with Gasteiger partial charge >= 0.3 is 0 Å². The van der Waals surface area contributed by atoms with Gasteiger partial charge in [0.05, 0.1) is 18.9 Å². The van der Waals surface area contributed by atoms with Crippen LogP contribution in [0.5, 0.6) is 0 Å². The first-order valence-corrected chi connectivity index (χ1v) is 6.78. The zero-order chi connectivity index (χ0) is 11.7. The molecule has 1 atom stereocenters. The molecule has 1 amide bonds. The Morgan fingerprint density at radius 2 is 2.47 bits per heavy atom. The molecule has 2 N–H and O–H groups in total. The van der Waals surface area contributed by atoms with E-state index in [4.69, 9.17) is 4.74 Å². The van der Waals surface area contributed by atoms with E-state index in [0.717, 1.165) is 12.2 Å². The third-order valence-corrected chi connectivity index (χ3v) is 3.76. The van der Waals surface area contributed by atoms with Gasteiger partial charge in [0.2, 0.25) is 5.91 Å². The van der Waals surface area contributed by atoms with Crippen molar-refractivity contribution in [1.82, 2.24) is 10.3 Å². The van der Waals surface area contributed by atoms with Crippen LogP contribution < -0.4 is 10.6 Å². The maximum Gasteiger partial charge on any atom is 0.245 e. The summed E-state index contributed by atoms with van der Waals surface area (Å²) < 4.78 is 5.25. The van der Waals surface area contributed by atoms with Gasteiger partial charge in [-0.1, -0.05) is 0 Å². The average Bonchev–Trinajstić information content (AvgIpc) is 3.12. The van der Waals surface area contributed by atoms with Crippen LogP contribution >= 0.6 is 11.3 Å². The monoisotopic (exact) mass is 253 g/mol. The molecule has 6 heteroatoms. The molecule has 1 aliphatic carbocycles. The number of morpholine rings is 1. The molecule has 3 rings (SSSR count). The lowest BCUT2D eigenvalue weighted by Gasteiger charge is -2.22. The minimum absolute atomic E-state index is 0.0543. The highest BCUT2D eigenvalue weighted by atomic mass is 32.1. The zero-order valence-corrected chi connectivity index (χ0v) is 10.3. The number of amides is 1. The summed E-state index contributed by atoms with van der Waals surface area (Å²) in [5.41, 5.74) is 1.12. The topological polar surface area (TPSA) is 63.2 Å². The number of carbonyl (C=O) groups excluding carboxylic acids is 1. The Morgan fingerprint density at radius 3 is 3.18 bits per heavy atom. The fourth-order valence-corrected chi connectivity index (χ4v) is 2.63. The molecule has 92 valence electrons. The van der Waals surface area contributed by atoms with Crippen LogP contribution in [-0.4, -0.2) is 36.7 Å². The van der Waals surface area contributed by atoms with Crippen molar-refractivity contribution in [1.29, 1.82) is 0 Å². The lowest BCUT2D eigenvalue weighted by Crippen LogP contribution is -2.48. The number of nitrogens with one attached hydrogen (secondary N) is 2. The van der Waals surface area contributed by atoms with Gasteiger partial charge in [0, 0.05) is 17.8 Å². The van der Waals surface area contributed by atoms with Crippen molar-refractivity contribution in [3.05, 3.63) is 11.1 Å². The molecule has 2 fully saturated rings. The Labute approximate surface area is 104 Å². The molecule has 1 unspecified atom stereocenters. The van der Waals surface area contributed by atoms with Crippen LogP contribution in [-0.2, 0) is 9.53 Å². The molecule has 0 radical (unpaired) electrons. The van der Waals surface area contributed by atoms with Gasteiger partial charge in [-0.3, -0.25) is 4.79 Å². The molecule has 17 heavy (non-hydrogen) atoms. The second kappa shape index (κ2) is 4.72. The van der Waals surface area contributed by atoms with Crippen LogP contribution in [0, 0.1) is 0 Å². The fourth-order valence-electron chi connectivity index (χ4n) is 1.84. The van der Waals surface area contributed by atoms with Crippen molar-refractivity contribution < 1.29 is 9.53 Å². The number of hydrogen-bond donors (Lipinski definition) is 2. The van der Waals surface area contributed by atoms with Crippen molar-refractivity contribution in [2.24, 2.45) is 0 Å². The van der Waals surface area contributed by atoms with E-state index in [1.54, 1.807) is 0 Å². The first kappa shape index (κ1) is 11.1. The summed E-state index contributed by atoms with van der Waals surface area (Å²) in [5, 5.41) is 8.70. The minimum Gasteiger partial charge on any atom is -0.378 e. The molecule has 2 aliphatic rings. The predicted molar refractivity (Wildman–Crippen MR) is 65.3 cm³/mol. The molecule has 5 nitrogen and oxygen atoms in total. The summed E-state index contributed by atoms with van der Waals surface area (Å²) in [5.74, 6) is 0.578. The molecule has 0 aromatic carbocycles. The average molecular weight is 253 g/mol. The third kappa shape index (κ3) is 2.65. The summed E-state index contributed by atoms with van der Waals surface area (Å²) in [6.45, 7) is 1.84. The summed E-state index contributed by atoms with van der Waals surface area (Å²) in [6.07, 6.45) is 2.46. The van der Waals surface area contributed by atoms with Crippen LogP contribution in [0.4, 0.5) is 5.13 Å². The van der Waals surface area contributed by atoms with E-state index in [-0.39, 0.29) is 11.9 Å². The zero-order valence-electron chi connectivity index (χ0n) is 9.44. The van der Waals surface area contributed by atoms with Crippen molar-refractivity contribution in [3.8, 4) is 0 Å². The molecule has 1 aliphatic heterocycles. The normalized spacial score (nSPS) is 24.6. The van der Waals surface area contributed by atoms with Crippen LogP contribution in [0.1, 0.15) is 24.5 Å². The molecular formula is C11H15N3O2S. The molecule has 2 heterocycles. The smallest absolute Gasteiger partial charge is 0.245 e. The highest BCUT2D eigenvalue weighted by Crippen LogP contribution is 2.40. The van der Waals surface area contributed by atoms with Crippen molar-refractivity contribution in [3.63, 3.8) is 0 Å². The Morgan fingerprint density at radius 1 is 1.59 bits per heavy atom. The molecule has 0 bridgehead atoms. The van der Waals surface area contributed by atoms with Crippen LogP contribution in [0.25, 0.3) is 0 Å². The Bertz CT molecular complexity index is 411. The predicted octanol–water partition coefficient (Wildman–Crippen LogP) is 0.947. The lowest BCUT2D eigenvalue weighted by molar-refractivity contribution is -0.120. The highest BCUT2D eigenvalue weighted by Gasteiger charge is 2.27. The standard InChI is InChI=1S/C11H15N3O2S/c15-10(8-5-16-4-3-12-8)14-11-13-9(6-17-11)7-1-2-7/h6-8,12H,1-5H2,(H,13,14,15). The highest BCUT2D eigenvalue weighted by molar-refractivity contribution is 7.13. The number of carbonyl (C=O) groups is 1. The van der Waals surface area contributed by atoms with E-state index in [1.165, 1.54) is 24.2 Å². The molecule has 1 saturated carbocycles. The van der Waals surface area contributed by atoms with Gasteiger partial charge in [-0.2, -0.15) is 0 Å². The van der Waals surface area contributed by atoms with Crippen LogP contribution in [0.15, 0.2) is 5.38 Å². The van der Waals surface area contributed by atoms with Gasteiger partial charge in [0.15, 0.2) is 5.13 Å². The largest absolute Gasteiger partial charge is 0.378 e. The number of aromatic nitrogens is 1.